The van der Waals surface area contributed by atoms with E-state index in [4.69, 9.17) is 4.74 Å². The van der Waals surface area contributed by atoms with Gasteiger partial charge in [0, 0.05) is 13.2 Å². The van der Waals surface area contributed by atoms with Crippen molar-refractivity contribution in [3.8, 4) is 0 Å². The summed E-state index contributed by atoms with van der Waals surface area (Å²) in [6, 6.07) is 0. The second kappa shape index (κ2) is 5.18. The molecular formula is C7H11N3O4. The summed E-state index contributed by atoms with van der Waals surface area (Å²) in [7, 11) is 0. The van der Waals surface area contributed by atoms with Gasteiger partial charge in [-0.05, 0) is 12.8 Å². The maximum atomic E-state index is 10.2. The highest BCUT2D eigenvalue weighted by Gasteiger charge is 1.94. The van der Waals surface area contributed by atoms with Crippen LogP contribution in [0, 0.1) is 0 Å². The topological polar surface area (TPSA) is 108 Å². The van der Waals surface area contributed by atoms with Crippen LogP contribution in [0.1, 0.15) is 12.8 Å². The van der Waals surface area contributed by atoms with E-state index in [1.165, 1.54) is 12.8 Å². The highest BCUT2D eigenvalue weighted by atomic mass is 16.5. The minimum Gasteiger partial charge on any atom is -0.381 e. The van der Waals surface area contributed by atoms with Crippen molar-refractivity contribution in [3.05, 3.63) is 31.5 Å². The summed E-state index contributed by atoms with van der Waals surface area (Å²) in [5.41, 5.74) is -2.41. The molecule has 0 unspecified atom stereocenters. The van der Waals surface area contributed by atoms with Crippen LogP contribution < -0.4 is 17.1 Å². The zero-order valence-corrected chi connectivity index (χ0v) is 7.46. The van der Waals surface area contributed by atoms with Gasteiger partial charge in [-0.15, -0.1) is 0 Å². The first kappa shape index (κ1) is 10.5. The average Bonchev–Trinajstić information content (AvgIpc) is 2.56. The van der Waals surface area contributed by atoms with Gasteiger partial charge in [0.2, 0.25) is 0 Å². The fourth-order valence-corrected chi connectivity index (χ4v) is 0.913. The Morgan fingerprint density at radius 2 is 1.14 bits per heavy atom. The third kappa shape index (κ3) is 3.85. The Hall–Kier alpha value is -1.63. The average molecular weight is 201 g/mol. The van der Waals surface area contributed by atoms with Crippen LogP contribution in [0.4, 0.5) is 0 Å². The van der Waals surface area contributed by atoms with E-state index in [0.29, 0.717) is 0 Å². The van der Waals surface area contributed by atoms with Crippen LogP contribution in [0.3, 0.4) is 0 Å². The predicted molar refractivity (Wildman–Crippen MR) is 48.4 cm³/mol. The molecule has 0 atom stereocenters. The Bertz CT molecular complexity index is 339. The molecule has 0 aromatic carbocycles. The molecule has 2 heterocycles. The highest BCUT2D eigenvalue weighted by Crippen LogP contribution is 1.98. The zero-order chi connectivity index (χ0) is 10.4. The maximum absolute atomic E-state index is 10.2. The molecule has 0 amide bonds. The summed E-state index contributed by atoms with van der Waals surface area (Å²) in [4.78, 5) is 35.9. The van der Waals surface area contributed by atoms with Crippen molar-refractivity contribution in [2.24, 2.45) is 0 Å². The lowest BCUT2D eigenvalue weighted by atomic mass is 10.4. The third-order valence-electron chi connectivity index (χ3n) is 1.51. The van der Waals surface area contributed by atoms with Crippen molar-refractivity contribution < 1.29 is 4.74 Å². The molecule has 1 saturated heterocycles. The summed E-state index contributed by atoms with van der Waals surface area (Å²) in [5, 5.41) is 0. The fourth-order valence-electron chi connectivity index (χ4n) is 0.913. The number of nitrogens with one attached hydrogen (secondary N) is 3. The normalized spacial score (nSPS) is 14.6. The van der Waals surface area contributed by atoms with Gasteiger partial charge in [0.15, 0.2) is 0 Å². The Kier molecular flexibility index (Phi) is 3.86. The van der Waals surface area contributed by atoms with E-state index in [1.54, 1.807) is 15.0 Å². The van der Waals surface area contributed by atoms with Crippen LogP contribution in [-0.4, -0.2) is 28.2 Å². The third-order valence-corrected chi connectivity index (χ3v) is 1.51. The summed E-state index contributed by atoms with van der Waals surface area (Å²) >= 11 is 0. The maximum Gasteiger partial charge on any atom is 0.330 e. The lowest BCUT2D eigenvalue weighted by Gasteiger charge is -1.77. The first-order valence-electron chi connectivity index (χ1n) is 4.19. The highest BCUT2D eigenvalue weighted by molar-refractivity contribution is 4.60. The van der Waals surface area contributed by atoms with E-state index >= 15 is 0 Å². The van der Waals surface area contributed by atoms with Gasteiger partial charge in [-0.2, -0.15) is 0 Å². The van der Waals surface area contributed by atoms with Gasteiger partial charge in [0.05, 0.1) is 0 Å². The zero-order valence-electron chi connectivity index (χ0n) is 7.46. The first-order valence-corrected chi connectivity index (χ1v) is 4.19. The Morgan fingerprint density at radius 1 is 0.786 bits per heavy atom. The Morgan fingerprint density at radius 3 is 1.36 bits per heavy atom. The molecule has 0 bridgehead atoms. The van der Waals surface area contributed by atoms with Crippen LogP contribution >= 0.6 is 0 Å². The lowest BCUT2D eigenvalue weighted by Crippen LogP contribution is -2.34. The van der Waals surface area contributed by atoms with Crippen LogP contribution in [0.25, 0.3) is 0 Å². The molecule has 7 heteroatoms. The second-order valence-corrected chi connectivity index (χ2v) is 2.68. The molecule has 14 heavy (non-hydrogen) atoms. The van der Waals surface area contributed by atoms with Gasteiger partial charge in [0.25, 0.3) is 0 Å². The molecule has 0 radical (unpaired) electrons. The summed E-state index contributed by atoms with van der Waals surface area (Å²) < 4.78 is 4.94. The molecule has 78 valence electrons. The number of aromatic amines is 3. The number of ether oxygens (including phenoxy) is 1. The summed E-state index contributed by atoms with van der Waals surface area (Å²) in [5.74, 6) is 0. The Labute approximate surface area is 78.1 Å². The molecule has 1 aromatic heterocycles. The SMILES string of the molecule is C1CCOC1.O=c1[nH]c(=O)[nH]c(=O)[nH]1. The fraction of sp³-hybridized carbons (Fsp3) is 0.571. The molecule has 7 nitrogen and oxygen atoms in total. The molecule has 1 aromatic rings. The van der Waals surface area contributed by atoms with Crippen molar-refractivity contribution >= 4 is 0 Å². The van der Waals surface area contributed by atoms with Gasteiger partial charge >= 0.3 is 17.1 Å². The number of aromatic nitrogens is 3. The smallest absolute Gasteiger partial charge is 0.330 e. The summed E-state index contributed by atoms with van der Waals surface area (Å²) in [6.07, 6.45) is 2.56. The standard InChI is InChI=1S/C4H8O.C3H3N3O3/c1-2-4-5-3-1;7-1-4-2(8)6-3(9)5-1/h1-4H2;(H3,4,5,6,7,8,9). The molecule has 0 aliphatic carbocycles. The van der Waals surface area contributed by atoms with Crippen molar-refractivity contribution in [1.29, 1.82) is 0 Å². The first-order chi connectivity index (χ1) is 6.68. The minimum atomic E-state index is -0.802. The van der Waals surface area contributed by atoms with Crippen LogP contribution in [0.2, 0.25) is 0 Å². The van der Waals surface area contributed by atoms with Crippen molar-refractivity contribution in [2.75, 3.05) is 13.2 Å². The van der Waals surface area contributed by atoms with E-state index in [2.05, 4.69) is 0 Å². The van der Waals surface area contributed by atoms with Crippen LogP contribution in [0.15, 0.2) is 14.4 Å². The molecule has 0 spiro atoms. The Balaban J connectivity index is 0.000000165. The monoisotopic (exact) mass is 201 g/mol. The lowest BCUT2D eigenvalue weighted by molar-refractivity contribution is 0.198. The van der Waals surface area contributed by atoms with Crippen molar-refractivity contribution in [3.63, 3.8) is 0 Å². The molecular weight excluding hydrogens is 190 g/mol. The number of hydrogen-bond donors (Lipinski definition) is 3. The molecule has 3 N–H and O–H groups in total. The number of H-pyrrole nitrogens is 3. The van der Waals surface area contributed by atoms with Gasteiger partial charge in [0.1, 0.15) is 0 Å². The number of rotatable bonds is 0. The quantitative estimate of drug-likeness (QED) is 0.477. The van der Waals surface area contributed by atoms with E-state index in [9.17, 15) is 14.4 Å². The van der Waals surface area contributed by atoms with Gasteiger partial charge in [-0.25, -0.2) is 14.4 Å². The molecule has 0 saturated carbocycles. The predicted octanol–water partition coefficient (Wildman–Crippen LogP) is -1.45. The molecule has 1 fully saturated rings. The number of hydrogen-bond acceptors (Lipinski definition) is 4. The van der Waals surface area contributed by atoms with E-state index in [1.807, 2.05) is 0 Å². The minimum absolute atomic E-state index is 0.802. The summed E-state index contributed by atoms with van der Waals surface area (Å²) in [6.45, 7) is 2.00. The van der Waals surface area contributed by atoms with Crippen LogP contribution in [-0.2, 0) is 4.74 Å². The van der Waals surface area contributed by atoms with Crippen molar-refractivity contribution in [1.82, 2.24) is 15.0 Å². The largest absolute Gasteiger partial charge is 0.381 e. The molecule has 1 aliphatic rings. The van der Waals surface area contributed by atoms with Gasteiger partial charge in [-0.3, -0.25) is 15.0 Å². The molecule has 2 rings (SSSR count). The van der Waals surface area contributed by atoms with Gasteiger partial charge in [-0.1, -0.05) is 0 Å². The van der Waals surface area contributed by atoms with Crippen LogP contribution in [0.5, 0.6) is 0 Å². The van der Waals surface area contributed by atoms with Crippen molar-refractivity contribution in [2.45, 2.75) is 12.8 Å². The second-order valence-electron chi connectivity index (χ2n) is 2.68. The van der Waals surface area contributed by atoms with E-state index in [0.717, 1.165) is 13.2 Å². The van der Waals surface area contributed by atoms with Gasteiger partial charge < -0.3 is 4.74 Å². The molecule has 1 aliphatic heterocycles. The van der Waals surface area contributed by atoms with E-state index < -0.39 is 17.1 Å². The van der Waals surface area contributed by atoms with E-state index in [-0.39, 0.29) is 0 Å².